The zero-order valence-corrected chi connectivity index (χ0v) is 12.2. The van der Waals surface area contributed by atoms with Crippen molar-refractivity contribution in [2.24, 2.45) is 11.7 Å². The van der Waals surface area contributed by atoms with E-state index in [1.807, 2.05) is 13.8 Å². The van der Waals surface area contributed by atoms with Crippen LogP contribution in [-0.4, -0.2) is 42.0 Å². The van der Waals surface area contributed by atoms with Crippen LogP contribution >= 0.6 is 0 Å². The van der Waals surface area contributed by atoms with Gasteiger partial charge in [0.15, 0.2) is 0 Å². The Kier molecular flexibility index (Phi) is 6.28. The highest BCUT2D eigenvalue weighted by Crippen LogP contribution is 2.20. The highest BCUT2D eigenvalue weighted by Gasteiger charge is 2.36. The molecule has 0 bridgehead atoms. The van der Waals surface area contributed by atoms with Gasteiger partial charge in [0, 0.05) is 6.54 Å². The lowest BCUT2D eigenvalue weighted by Gasteiger charge is -2.36. The lowest BCUT2D eigenvalue weighted by Crippen LogP contribution is -2.55. The van der Waals surface area contributed by atoms with Crippen molar-refractivity contribution in [2.45, 2.75) is 58.5 Å². The van der Waals surface area contributed by atoms with Gasteiger partial charge in [0.2, 0.25) is 5.91 Å². The summed E-state index contributed by atoms with van der Waals surface area (Å²) in [6.45, 7) is 6.70. The fourth-order valence-electron chi connectivity index (χ4n) is 2.37. The summed E-state index contributed by atoms with van der Waals surface area (Å²) in [5.41, 5.74) is 6.00. The minimum Gasteiger partial charge on any atom is -0.464 e. The van der Waals surface area contributed by atoms with Crippen molar-refractivity contribution in [3.63, 3.8) is 0 Å². The molecule has 2 N–H and O–H groups in total. The van der Waals surface area contributed by atoms with Crippen molar-refractivity contribution in [3.8, 4) is 0 Å². The molecular formula is C14H26N2O3. The molecule has 1 fully saturated rings. The Balaban J connectivity index is 2.76. The topological polar surface area (TPSA) is 72.6 Å². The molecule has 5 heteroatoms. The van der Waals surface area contributed by atoms with Gasteiger partial charge in [0.05, 0.1) is 12.6 Å². The van der Waals surface area contributed by atoms with Gasteiger partial charge in [-0.1, -0.05) is 20.3 Å². The Morgan fingerprint density at radius 2 is 2.05 bits per heavy atom. The van der Waals surface area contributed by atoms with Crippen LogP contribution in [0.4, 0.5) is 0 Å². The van der Waals surface area contributed by atoms with Crippen LogP contribution in [0.3, 0.4) is 0 Å². The quantitative estimate of drug-likeness (QED) is 0.764. The van der Waals surface area contributed by atoms with Crippen LogP contribution < -0.4 is 5.73 Å². The summed E-state index contributed by atoms with van der Waals surface area (Å²) < 4.78 is 5.05. The fraction of sp³-hybridized carbons (Fsp3) is 0.857. The predicted octanol–water partition coefficient (Wildman–Crippen LogP) is 1.30. The Morgan fingerprint density at radius 1 is 1.37 bits per heavy atom. The SMILES string of the molecule is CCOC(=O)C1CCCCN1C(=O)[C@@H](N)C(C)CC. The lowest BCUT2D eigenvalue weighted by molar-refractivity contribution is -0.157. The standard InChI is InChI=1S/C14H26N2O3/c1-4-10(3)12(15)13(17)16-9-7-6-8-11(16)14(18)19-5-2/h10-12H,4-9,15H2,1-3H3/t10?,11?,12-/m0/s1. The van der Waals surface area contributed by atoms with Crippen LogP contribution in [0.5, 0.6) is 0 Å². The van der Waals surface area contributed by atoms with E-state index in [0.29, 0.717) is 19.6 Å². The highest BCUT2D eigenvalue weighted by molar-refractivity contribution is 5.87. The predicted molar refractivity (Wildman–Crippen MR) is 73.4 cm³/mol. The van der Waals surface area contributed by atoms with Crippen LogP contribution in [0, 0.1) is 5.92 Å². The zero-order valence-electron chi connectivity index (χ0n) is 12.2. The van der Waals surface area contributed by atoms with Crippen molar-refractivity contribution in [3.05, 3.63) is 0 Å². The minimum absolute atomic E-state index is 0.118. The number of amides is 1. The van der Waals surface area contributed by atoms with Crippen LogP contribution in [-0.2, 0) is 14.3 Å². The summed E-state index contributed by atoms with van der Waals surface area (Å²) in [7, 11) is 0. The second-order valence-corrected chi connectivity index (χ2v) is 5.21. The average molecular weight is 270 g/mol. The molecule has 5 nitrogen and oxygen atoms in total. The van der Waals surface area contributed by atoms with Crippen molar-refractivity contribution >= 4 is 11.9 Å². The van der Waals surface area contributed by atoms with Crippen molar-refractivity contribution < 1.29 is 14.3 Å². The molecule has 0 spiro atoms. The van der Waals surface area contributed by atoms with Gasteiger partial charge in [0.25, 0.3) is 0 Å². The fourth-order valence-corrected chi connectivity index (χ4v) is 2.37. The molecule has 1 aliphatic rings. The first kappa shape index (κ1) is 16.0. The van der Waals surface area contributed by atoms with Gasteiger partial charge in [0.1, 0.15) is 6.04 Å². The van der Waals surface area contributed by atoms with Crippen LogP contribution in [0.1, 0.15) is 46.5 Å². The molecule has 1 saturated heterocycles. The monoisotopic (exact) mass is 270 g/mol. The van der Waals surface area contributed by atoms with Crippen molar-refractivity contribution in [1.29, 1.82) is 0 Å². The van der Waals surface area contributed by atoms with E-state index < -0.39 is 12.1 Å². The third-order valence-corrected chi connectivity index (χ3v) is 3.89. The van der Waals surface area contributed by atoms with E-state index in [0.717, 1.165) is 19.3 Å². The molecule has 1 heterocycles. The smallest absolute Gasteiger partial charge is 0.328 e. The van der Waals surface area contributed by atoms with Gasteiger partial charge in [-0.3, -0.25) is 4.79 Å². The number of likely N-dealkylation sites (tertiary alicyclic amines) is 1. The first-order chi connectivity index (χ1) is 9.02. The third kappa shape index (κ3) is 3.93. The average Bonchev–Trinajstić information content (AvgIpc) is 2.45. The summed E-state index contributed by atoms with van der Waals surface area (Å²) in [5.74, 6) is -0.295. The van der Waals surface area contributed by atoms with E-state index in [1.54, 1.807) is 11.8 Å². The van der Waals surface area contributed by atoms with E-state index in [1.165, 1.54) is 0 Å². The molecule has 110 valence electrons. The second-order valence-electron chi connectivity index (χ2n) is 5.21. The van der Waals surface area contributed by atoms with E-state index in [-0.39, 0.29) is 17.8 Å². The number of carbonyl (C=O) groups is 2. The van der Waals surface area contributed by atoms with Gasteiger partial charge in [-0.15, -0.1) is 0 Å². The first-order valence-corrected chi connectivity index (χ1v) is 7.25. The molecule has 0 aromatic rings. The molecule has 19 heavy (non-hydrogen) atoms. The molecule has 0 aromatic carbocycles. The number of rotatable bonds is 5. The maximum Gasteiger partial charge on any atom is 0.328 e. The number of nitrogens with two attached hydrogens (primary N) is 1. The molecule has 0 radical (unpaired) electrons. The number of piperidine rings is 1. The minimum atomic E-state index is -0.528. The first-order valence-electron chi connectivity index (χ1n) is 7.25. The Hall–Kier alpha value is -1.10. The van der Waals surface area contributed by atoms with Crippen LogP contribution in [0.2, 0.25) is 0 Å². The zero-order chi connectivity index (χ0) is 14.4. The largest absolute Gasteiger partial charge is 0.464 e. The maximum absolute atomic E-state index is 12.4. The van der Waals surface area contributed by atoms with E-state index in [4.69, 9.17) is 10.5 Å². The molecule has 0 aliphatic carbocycles. The number of hydrogen-bond acceptors (Lipinski definition) is 4. The molecule has 1 amide bonds. The number of carbonyl (C=O) groups excluding carboxylic acids is 2. The summed E-state index contributed by atoms with van der Waals surface area (Å²) in [5, 5.41) is 0. The number of ether oxygens (including phenoxy) is 1. The van der Waals surface area contributed by atoms with E-state index >= 15 is 0 Å². The van der Waals surface area contributed by atoms with Crippen molar-refractivity contribution in [2.75, 3.05) is 13.2 Å². The Labute approximate surface area is 115 Å². The molecule has 0 saturated carbocycles. The van der Waals surface area contributed by atoms with Gasteiger partial charge in [-0.25, -0.2) is 4.79 Å². The normalized spacial score (nSPS) is 22.7. The van der Waals surface area contributed by atoms with E-state index in [9.17, 15) is 9.59 Å². The molecule has 1 aliphatic heterocycles. The summed E-state index contributed by atoms with van der Waals surface area (Å²) >= 11 is 0. The third-order valence-electron chi connectivity index (χ3n) is 3.89. The molecular weight excluding hydrogens is 244 g/mol. The van der Waals surface area contributed by atoms with Gasteiger partial charge >= 0.3 is 5.97 Å². The molecule has 0 aromatic heterocycles. The van der Waals surface area contributed by atoms with Gasteiger partial charge in [-0.05, 0) is 32.1 Å². The van der Waals surface area contributed by atoms with E-state index in [2.05, 4.69) is 0 Å². The van der Waals surface area contributed by atoms with Crippen molar-refractivity contribution in [1.82, 2.24) is 4.90 Å². The Morgan fingerprint density at radius 3 is 2.63 bits per heavy atom. The summed E-state index contributed by atoms with van der Waals surface area (Å²) in [4.78, 5) is 26.0. The number of nitrogens with zero attached hydrogens (tertiary/aromatic N) is 1. The lowest BCUT2D eigenvalue weighted by atomic mass is 9.95. The second kappa shape index (κ2) is 7.48. The molecule has 1 rings (SSSR count). The Bertz CT molecular complexity index is 320. The van der Waals surface area contributed by atoms with Crippen LogP contribution in [0.25, 0.3) is 0 Å². The molecule has 3 atom stereocenters. The van der Waals surface area contributed by atoms with Crippen LogP contribution in [0.15, 0.2) is 0 Å². The van der Waals surface area contributed by atoms with Gasteiger partial charge < -0.3 is 15.4 Å². The molecule has 2 unspecified atom stereocenters. The summed E-state index contributed by atoms with van der Waals surface area (Å²) in [6.07, 6.45) is 3.41. The number of esters is 1. The van der Waals surface area contributed by atoms with Gasteiger partial charge in [-0.2, -0.15) is 0 Å². The maximum atomic E-state index is 12.4. The highest BCUT2D eigenvalue weighted by atomic mass is 16.5. The number of hydrogen-bond donors (Lipinski definition) is 1. The summed E-state index contributed by atoms with van der Waals surface area (Å²) in [6, 6.07) is -0.976.